The molecule has 5 rings (SSSR count). The minimum Gasteiger partial charge on any atom is -0.356 e. The lowest BCUT2D eigenvalue weighted by atomic mass is 9.88. The normalized spacial score (nSPS) is 21.7. The number of nitrogens with one attached hydrogen (secondary N) is 1. The number of H-pyrrole nitrogens is 1. The molecule has 0 bridgehead atoms. The summed E-state index contributed by atoms with van der Waals surface area (Å²) in [6.45, 7) is 1.73. The van der Waals surface area contributed by atoms with Crippen LogP contribution in [0.1, 0.15) is 28.4 Å². The summed E-state index contributed by atoms with van der Waals surface area (Å²) in [5.41, 5.74) is 4.02. The van der Waals surface area contributed by atoms with E-state index in [1.165, 1.54) is 18.0 Å². The van der Waals surface area contributed by atoms with Crippen LogP contribution in [0.25, 0.3) is 10.9 Å². The number of halogens is 1. The molecule has 3 amide bonds. The number of carbonyl (C=O) groups is 2. The first-order chi connectivity index (χ1) is 13.0. The molecule has 6 heteroatoms. The molecule has 1 fully saturated rings. The third-order valence-electron chi connectivity index (χ3n) is 5.74. The number of hydrogen-bond donors (Lipinski definition) is 1. The minimum atomic E-state index is -0.537. The average molecular weight is 363 g/mol. The molecule has 0 aliphatic carbocycles. The maximum atomic E-state index is 14.1. The Kier molecular flexibility index (Phi) is 3.22. The number of aromatic nitrogens is 1. The smallest absolute Gasteiger partial charge is 0.328 e. The first kappa shape index (κ1) is 16.1. The van der Waals surface area contributed by atoms with Crippen LogP contribution in [0.15, 0.2) is 42.5 Å². The predicted molar refractivity (Wildman–Crippen MR) is 98.8 cm³/mol. The van der Waals surface area contributed by atoms with Gasteiger partial charge in [0, 0.05) is 30.1 Å². The van der Waals surface area contributed by atoms with Crippen molar-refractivity contribution in [3.8, 4) is 0 Å². The standard InChI is InChI=1S/C21H18FN3O2/c1-11-8-13-14-9-17-20(26)24(2)21(27)25(17)19(12-6-4-3-5-7-12)18(14)23-16(13)10-15(11)22/h3-8,10,17,19,23H,9H2,1-2H3. The van der Waals surface area contributed by atoms with Gasteiger partial charge in [-0.15, -0.1) is 0 Å². The number of nitrogens with zero attached hydrogens (tertiary/aromatic N) is 2. The third kappa shape index (κ3) is 2.10. The molecular formula is C21H18FN3O2. The summed E-state index contributed by atoms with van der Waals surface area (Å²) < 4.78 is 14.1. The number of aromatic amines is 1. The number of benzene rings is 2. The zero-order valence-corrected chi connectivity index (χ0v) is 15.0. The first-order valence-corrected chi connectivity index (χ1v) is 8.92. The van der Waals surface area contributed by atoms with Gasteiger partial charge in [-0.1, -0.05) is 30.3 Å². The molecule has 1 saturated heterocycles. The van der Waals surface area contributed by atoms with Crippen molar-refractivity contribution in [1.29, 1.82) is 0 Å². The molecule has 0 radical (unpaired) electrons. The van der Waals surface area contributed by atoms with E-state index in [0.717, 1.165) is 22.2 Å². The summed E-state index contributed by atoms with van der Waals surface area (Å²) in [4.78, 5) is 31.7. The van der Waals surface area contributed by atoms with Gasteiger partial charge in [0.05, 0.1) is 0 Å². The zero-order valence-electron chi connectivity index (χ0n) is 15.0. The van der Waals surface area contributed by atoms with E-state index < -0.39 is 12.1 Å². The predicted octanol–water partition coefficient (Wildman–Crippen LogP) is 3.52. The largest absolute Gasteiger partial charge is 0.356 e. The van der Waals surface area contributed by atoms with Crippen molar-refractivity contribution in [2.45, 2.75) is 25.4 Å². The SMILES string of the molecule is Cc1cc2c3c([nH]c2cc1F)C(c1ccccc1)N1C(=O)N(C)C(=O)C1C3. The Labute approximate surface area is 155 Å². The number of fused-ring (bicyclic) bond motifs is 4. The number of aryl methyl sites for hydroxylation is 1. The Hall–Kier alpha value is -3.15. The summed E-state index contributed by atoms with van der Waals surface area (Å²) in [6.07, 6.45) is 0.429. The molecule has 3 heterocycles. The Morgan fingerprint density at radius 3 is 2.63 bits per heavy atom. The van der Waals surface area contributed by atoms with E-state index in [-0.39, 0.29) is 17.8 Å². The fourth-order valence-electron chi connectivity index (χ4n) is 4.37. The highest BCUT2D eigenvalue weighted by molar-refractivity contribution is 6.05. The minimum absolute atomic E-state index is 0.195. The van der Waals surface area contributed by atoms with E-state index in [4.69, 9.17) is 0 Å². The van der Waals surface area contributed by atoms with Gasteiger partial charge in [-0.3, -0.25) is 14.6 Å². The fraction of sp³-hybridized carbons (Fsp3) is 0.238. The summed E-state index contributed by atoms with van der Waals surface area (Å²) >= 11 is 0. The zero-order chi connectivity index (χ0) is 18.9. The molecule has 5 nitrogen and oxygen atoms in total. The van der Waals surface area contributed by atoms with Gasteiger partial charge in [0.2, 0.25) is 0 Å². The van der Waals surface area contributed by atoms with Crippen molar-refractivity contribution in [2.75, 3.05) is 7.05 Å². The fourth-order valence-corrected chi connectivity index (χ4v) is 4.37. The summed E-state index contributed by atoms with van der Waals surface area (Å²) in [7, 11) is 1.52. The van der Waals surface area contributed by atoms with Crippen molar-refractivity contribution < 1.29 is 14.0 Å². The molecule has 2 aliphatic heterocycles. The molecule has 3 aromatic rings. The van der Waals surface area contributed by atoms with E-state index >= 15 is 0 Å². The summed E-state index contributed by atoms with van der Waals surface area (Å²) in [5.74, 6) is -0.468. The van der Waals surface area contributed by atoms with Gasteiger partial charge in [0.1, 0.15) is 17.9 Å². The van der Waals surface area contributed by atoms with Gasteiger partial charge in [-0.05, 0) is 35.7 Å². The van der Waals surface area contributed by atoms with Gasteiger partial charge in [-0.25, -0.2) is 9.18 Å². The van der Waals surface area contributed by atoms with Gasteiger partial charge in [0.25, 0.3) is 5.91 Å². The van der Waals surface area contributed by atoms with Crippen LogP contribution in [0.2, 0.25) is 0 Å². The van der Waals surface area contributed by atoms with E-state index in [0.29, 0.717) is 17.5 Å². The van der Waals surface area contributed by atoms with Crippen LogP contribution < -0.4 is 0 Å². The Morgan fingerprint density at radius 2 is 1.89 bits per heavy atom. The average Bonchev–Trinajstić information content (AvgIpc) is 3.12. The quantitative estimate of drug-likeness (QED) is 0.673. The number of carbonyl (C=O) groups excluding carboxylic acids is 2. The lowest BCUT2D eigenvalue weighted by Gasteiger charge is -2.36. The van der Waals surface area contributed by atoms with Crippen molar-refractivity contribution >= 4 is 22.8 Å². The van der Waals surface area contributed by atoms with Gasteiger partial charge in [-0.2, -0.15) is 0 Å². The van der Waals surface area contributed by atoms with Crippen molar-refractivity contribution in [3.05, 3.63) is 70.7 Å². The second-order valence-corrected chi connectivity index (χ2v) is 7.28. The lowest BCUT2D eigenvalue weighted by Crippen LogP contribution is -2.44. The molecule has 2 unspecified atom stereocenters. The number of urea groups is 1. The summed E-state index contributed by atoms with van der Waals surface area (Å²) in [6, 6.07) is 11.7. The highest BCUT2D eigenvalue weighted by Crippen LogP contribution is 2.43. The Balaban J connectivity index is 1.80. The van der Waals surface area contributed by atoms with Crippen LogP contribution >= 0.6 is 0 Å². The maximum Gasteiger partial charge on any atom is 0.328 e. The number of amides is 3. The van der Waals surface area contributed by atoms with E-state index in [1.54, 1.807) is 11.8 Å². The highest BCUT2D eigenvalue weighted by atomic mass is 19.1. The van der Waals surface area contributed by atoms with E-state index in [2.05, 4.69) is 4.98 Å². The third-order valence-corrected chi connectivity index (χ3v) is 5.74. The molecule has 0 saturated carbocycles. The lowest BCUT2D eigenvalue weighted by molar-refractivity contribution is -0.127. The van der Waals surface area contributed by atoms with Crippen LogP contribution in [0, 0.1) is 12.7 Å². The second kappa shape index (κ2) is 5.42. The van der Waals surface area contributed by atoms with Crippen molar-refractivity contribution in [3.63, 3.8) is 0 Å². The molecule has 2 aromatic carbocycles. The first-order valence-electron chi connectivity index (χ1n) is 8.92. The molecule has 0 spiro atoms. The number of likely N-dealkylation sites (N-methyl/N-ethyl adjacent to an activating group) is 1. The van der Waals surface area contributed by atoms with E-state index in [1.807, 2.05) is 36.4 Å². The number of hydrogen-bond acceptors (Lipinski definition) is 2. The van der Waals surface area contributed by atoms with Crippen LogP contribution in [0.5, 0.6) is 0 Å². The second-order valence-electron chi connectivity index (χ2n) is 7.28. The maximum absolute atomic E-state index is 14.1. The molecular weight excluding hydrogens is 345 g/mol. The van der Waals surface area contributed by atoms with Crippen LogP contribution in [0.3, 0.4) is 0 Å². The molecule has 136 valence electrons. The molecule has 27 heavy (non-hydrogen) atoms. The monoisotopic (exact) mass is 363 g/mol. The topological polar surface area (TPSA) is 56.4 Å². The van der Waals surface area contributed by atoms with Crippen LogP contribution in [-0.4, -0.2) is 39.8 Å². The number of rotatable bonds is 1. The van der Waals surface area contributed by atoms with Gasteiger partial charge in [0.15, 0.2) is 0 Å². The Morgan fingerprint density at radius 1 is 1.15 bits per heavy atom. The highest BCUT2D eigenvalue weighted by Gasteiger charge is 2.51. The van der Waals surface area contributed by atoms with Gasteiger partial charge < -0.3 is 4.98 Å². The van der Waals surface area contributed by atoms with E-state index in [9.17, 15) is 14.0 Å². The van der Waals surface area contributed by atoms with Crippen LogP contribution in [-0.2, 0) is 11.2 Å². The number of imide groups is 1. The molecule has 2 aliphatic rings. The molecule has 1 aromatic heterocycles. The summed E-state index contributed by atoms with van der Waals surface area (Å²) in [5, 5.41) is 0.916. The van der Waals surface area contributed by atoms with Crippen molar-refractivity contribution in [2.24, 2.45) is 0 Å². The molecule has 2 atom stereocenters. The van der Waals surface area contributed by atoms with Crippen molar-refractivity contribution in [1.82, 2.24) is 14.8 Å². The Bertz CT molecular complexity index is 1110. The molecule has 1 N–H and O–H groups in total. The van der Waals surface area contributed by atoms with Gasteiger partial charge >= 0.3 is 6.03 Å². The van der Waals surface area contributed by atoms with Crippen LogP contribution in [0.4, 0.5) is 9.18 Å².